The van der Waals surface area contributed by atoms with Gasteiger partial charge in [-0.3, -0.25) is 9.78 Å². The predicted octanol–water partition coefficient (Wildman–Crippen LogP) is 4.16. The van der Waals surface area contributed by atoms with Gasteiger partial charge >= 0.3 is 11.9 Å². The Morgan fingerprint density at radius 3 is 1.35 bits per heavy atom. The highest BCUT2D eigenvalue weighted by Crippen LogP contribution is 2.13. The van der Waals surface area contributed by atoms with Crippen LogP contribution in [0.2, 0.25) is 0 Å². The van der Waals surface area contributed by atoms with Gasteiger partial charge in [0, 0.05) is 5.92 Å². The van der Waals surface area contributed by atoms with Gasteiger partial charge in [0.1, 0.15) is 0 Å². The lowest BCUT2D eigenvalue weighted by atomic mass is 10.2. The Bertz CT molecular complexity index is 672. The standard InChI is InChI=1S/C20H22O6/c1-13(2)20(25-23-18(21)16-9-5-14(3)6-10-16)26-24-19(22)17-11-7-15(4)8-12-17/h5-13,20H,1-4H3. The first-order valence-corrected chi connectivity index (χ1v) is 8.25. The van der Waals surface area contributed by atoms with Crippen LogP contribution in [0.1, 0.15) is 45.7 Å². The Hall–Kier alpha value is -2.70. The Balaban J connectivity index is 1.88. The van der Waals surface area contributed by atoms with Crippen molar-refractivity contribution in [1.29, 1.82) is 0 Å². The van der Waals surface area contributed by atoms with Crippen LogP contribution in [0.4, 0.5) is 0 Å². The average molecular weight is 358 g/mol. The highest BCUT2D eigenvalue weighted by atomic mass is 17.3. The molecule has 0 heterocycles. The first-order chi connectivity index (χ1) is 12.4. The number of carbonyl (C=O) groups excluding carboxylic acids is 2. The molecule has 0 saturated heterocycles. The van der Waals surface area contributed by atoms with Gasteiger partial charge in [0.25, 0.3) is 0 Å². The van der Waals surface area contributed by atoms with Crippen molar-refractivity contribution < 1.29 is 29.1 Å². The second-order valence-corrected chi connectivity index (χ2v) is 6.28. The van der Waals surface area contributed by atoms with Crippen LogP contribution in [0.15, 0.2) is 48.5 Å². The zero-order valence-electron chi connectivity index (χ0n) is 15.2. The number of carbonyl (C=O) groups is 2. The van der Waals surface area contributed by atoms with Gasteiger partial charge in [-0.2, -0.15) is 0 Å². The van der Waals surface area contributed by atoms with Crippen LogP contribution >= 0.6 is 0 Å². The minimum Gasteiger partial charge on any atom is -0.290 e. The van der Waals surface area contributed by atoms with Crippen LogP contribution in [0, 0.1) is 19.8 Å². The van der Waals surface area contributed by atoms with E-state index in [2.05, 4.69) is 0 Å². The molecule has 0 N–H and O–H groups in total. The van der Waals surface area contributed by atoms with E-state index in [0.717, 1.165) is 11.1 Å². The van der Waals surface area contributed by atoms with E-state index in [-0.39, 0.29) is 5.92 Å². The Labute approximate surface area is 152 Å². The van der Waals surface area contributed by atoms with Gasteiger partial charge in [-0.1, -0.05) is 49.2 Å². The lowest BCUT2D eigenvalue weighted by Crippen LogP contribution is -2.26. The summed E-state index contributed by atoms with van der Waals surface area (Å²) in [7, 11) is 0. The van der Waals surface area contributed by atoms with E-state index >= 15 is 0 Å². The third kappa shape index (κ3) is 5.68. The van der Waals surface area contributed by atoms with Crippen molar-refractivity contribution in [3.63, 3.8) is 0 Å². The molecule has 0 aliphatic rings. The summed E-state index contributed by atoms with van der Waals surface area (Å²) < 4.78 is 0. The fourth-order valence-corrected chi connectivity index (χ4v) is 1.90. The smallest absolute Gasteiger partial charge is 0.290 e. The van der Waals surface area contributed by atoms with E-state index in [1.165, 1.54) is 0 Å². The zero-order chi connectivity index (χ0) is 19.1. The van der Waals surface area contributed by atoms with Crippen LogP contribution in [-0.2, 0) is 19.6 Å². The van der Waals surface area contributed by atoms with Crippen molar-refractivity contribution in [2.24, 2.45) is 5.92 Å². The molecule has 0 aliphatic carbocycles. The van der Waals surface area contributed by atoms with Crippen LogP contribution in [-0.4, -0.2) is 18.2 Å². The number of hydrogen-bond acceptors (Lipinski definition) is 6. The average Bonchev–Trinajstić information content (AvgIpc) is 2.62. The number of hydrogen-bond donors (Lipinski definition) is 0. The first-order valence-electron chi connectivity index (χ1n) is 8.25. The maximum Gasteiger partial charge on any atom is 0.373 e. The summed E-state index contributed by atoms with van der Waals surface area (Å²) in [6.07, 6.45) is -1.06. The van der Waals surface area contributed by atoms with E-state index < -0.39 is 18.2 Å². The van der Waals surface area contributed by atoms with E-state index in [1.54, 1.807) is 62.4 Å². The first kappa shape index (κ1) is 19.6. The fraction of sp³-hybridized carbons (Fsp3) is 0.300. The molecule has 0 fully saturated rings. The molecule has 138 valence electrons. The second-order valence-electron chi connectivity index (χ2n) is 6.28. The topological polar surface area (TPSA) is 71.1 Å². The molecule has 0 bridgehead atoms. The van der Waals surface area contributed by atoms with Crippen molar-refractivity contribution >= 4 is 11.9 Å². The Morgan fingerprint density at radius 2 is 1.04 bits per heavy atom. The molecule has 26 heavy (non-hydrogen) atoms. The highest BCUT2D eigenvalue weighted by molar-refractivity contribution is 5.89. The number of rotatable bonds is 7. The third-order valence-corrected chi connectivity index (χ3v) is 3.56. The summed E-state index contributed by atoms with van der Waals surface area (Å²) in [4.78, 5) is 43.5. The maximum absolute atomic E-state index is 12.0. The normalized spacial score (nSPS) is 10.8. The molecular weight excluding hydrogens is 336 g/mol. The third-order valence-electron chi connectivity index (χ3n) is 3.56. The predicted molar refractivity (Wildman–Crippen MR) is 94.0 cm³/mol. The van der Waals surface area contributed by atoms with Gasteiger partial charge in [-0.25, -0.2) is 9.59 Å². The quantitative estimate of drug-likeness (QED) is 0.420. The van der Waals surface area contributed by atoms with Crippen molar-refractivity contribution in [2.75, 3.05) is 0 Å². The second kappa shape index (κ2) is 9.12. The molecule has 0 amide bonds. The van der Waals surface area contributed by atoms with Crippen LogP contribution in [0.3, 0.4) is 0 Å². The molecule has 0 atom stereocenters. The molecule has 0 radical (unpaired) electrons. The molecule has 0 aliphatic heterocycles. The molecule has 2 aromatic rings. The minimum absolute atomic E-state index is 0.230. The molecule has 2 aromatic carbocycles. The van der Waals surface area contributed by atoms with E-state index in [4.69, 9.17) is 19.6 Å². The van der Waals surface area contributed by atoms with E-state index in [9.17, 15) is 9.59 Å². The van der Waals surface area contributed by atoms with Crippen LogP contribution in [0.25, 0.3) is 0 Å². The molecule has 6 heteroatoms. The lowest BCUT2D eigenvalue weighted by Gasteiger charge is -2.18. The summed E-state index contributed by atoms with van der Waals surface area (Å²) in [5.74, 6) is -1.56. The van der Waals surface area contributed by atoms with Crippen LogP contribution in [0.5, 0.6) is 0 Å². The molecule has 6 nitrogen and oxygen atoms in total. The van der Waals surface area contributed by atoms with Gasteiger partial charge in [0.15, 0.2) is 0 Å². The highest BCUT2D eigenvalue weighted by Gasteiger charge is 2.22. The minimum atomic E-state index is -1.06. The largest absolute Gasteiger partial charge is 0.373 e. The van der Waals surface area contributed by atoms with Crippen LogP contribution < -0.4 is 0 Å². The summed E-state index contributed by atoms with van der Waals surface area (Å²) >= 11 is 0. The molecule has 2 rings (SSSR count). The Morgan fingerprint density at radius 1 is 0.692 bits per heavy atom. The van der Waals surface area contributed by atoms with E-state index in [1.807, 2.05) is 13.8 Å². The summed E-state index contributed by atoms with van der Waals surface area (Å²) in [6.45, 7) is 7.36. The Kier molecular flexibility index (Phi) is 6.89. The molecule has 0 saturated carbocycles. The van der Waals surface area contributed by atoms with Gasteiger partial charge in [0.05, 0.1) is 11.1 Å². The number of benzene rings is 2. The molecular formula is C20H22O6. The zero-order valence-corrected chi connectivity index (χ0v) is 15.2. The van der Waals surface area contributed by atoms with Crippen molar-refractivity contribution in [3.05, 3.63) is 70.8 Å². The van der Waals surface area contributed by atoms with E-state index in [0.29, 0.717) is 11.1 Å². The van der Waals surface area contributed by atoms with Crippen molar-refractivity contribution in [1.82, 2.24) is 0 Å². The SMILES string of the molecule is Cc1ccc(C(=O)OOC(OOC(=O)c2ccc(C)cc2)C(C)C)cc1. The van der Waals surface area contributed by atoms with Gasteiger partial charge < -0.3 is 0 Å². The number of aryl methyl sites for hydroxylation is 2. The van der Waals surface area contributed by atoms with Gasteiger partial charge in [0.2, 0.25) is 6.29 Å². The van der Waals surface area contributed by atoms with Crippen molar-refractivity contribution in [3.8, 4) is 0 Å². The monoisotopic (exact) mass is 358 g/mol. The summed E-state index contributed by atoms with van der Waals surface area (Å²) in [5, 5.41) is 0. The molecule has 0 spiro atoms. The van der Waals surface area contributed by atoms with Gasteiger partial charge in [-0.15, -0.1) is 9.78 Å². The van der Waals surface area contributed by atoms with Crippen molar-refractivity contribution in [2.45, 2.75) is 34.0 Å². The fourth-order valence-electron chi connectivity index (χ4n) is 1.90. The molecule has 0 unspecified atom stereocenters. The van der Waals surface area contributed by atoms with Gasteiger partial charge in [-0.05, 0) is 38.1 Å². The lowest BCUT2D eigenvalue weighted by molar-refractivity contribution is -0.430. The summed E-state index contributed by atoms with van der Waals surface area (Å²) in [5.41, 5.74) is 2.73. The maximum atomic E-state index is 12.0. The summed E-state index contributed by atoms with van der Waals surface area (Å²) in [6, 6.07) is 13.7. The molecule has 0 aromatic heterocycles.